The van der Waals surface area contributed by atoms with Crippen LogP contribution in [-0.2, 0) is 19.6 Å². The van der Waals surface area contributed by atoms with Gasteiger partial charge in [-0.1, -0.05) is 23.2 Å². The van der Waals surface area contributed by atoms with Gasteiger partial charge >= 0.3 is 5.97 Å². The molecule has 0 aromatic heterocycles. The van der Waals surface area contributed by atoms with Crippen molar-refractivity contribution in [3.05, 3.63) is 63.9 Å². The molecule has 1 unspecified atom stereocenters. The number of hydrogen-bond acceptors (Lipinski definition) is 5. The molecule has 6 nitrogen and oxygen atoms in total. The van der Waals surface area contributed by atoms with E-state index in [4.69, 9.17) is 27.9 Å². The highest BCUT2D eigenvalue weighted by atomic mass is 35.5. The highest BCUT2D eigenvalue weighted by Gasteiger charge is 2.34. The third-order valence-corrected chi connectivity index (χ3v) is 7.17. The molecule has 0 spiro atoms. The number of Topliss-reactive ketones (excluding diaryl/α,β-unsaturated/α-hetero) is 1. The average Bonchev–Trinajstić information content (AvgIpc) is 2.72. The minimum atomic E-state index is -3.87. The summed E-state index contributed by atoms with van der Waals surface area (Å²) in [5, 5.41) is 0.524. The maximum Gasteiger partial charge on any atom is 0.310 e. The summed E-state index contributed by atoms with van der Waals surface area (Å²) < 4.78 is 44.9. The minimum Gasteiger partial charge on any atom is -0.457 e. The maximum atomic E-state index is 13.1. The predicted molar refractivity (Wildman–Crippen MR) is 110 cm³/mol. The summed E-state index contributed by atoms with van der Waals surface area (Å²) in [5.41, 5.74) is 0.179. The summed E-state index contributed by atoms with van der Waals surface area (Å²) in [6.45, 7) is -0.349. The van der Waals surface area contributed by atoms with E-state index in [1.54, 1.807) is 0 Å². The van der Waals surface area contributed by atoms with Crippen molar-refractivity contribution < 1.29 is 27.1 Å². The Morgan fingerprint density at radius 3 is 2.50 bits per heavy atom. The Kier molecular flexibility index (Phi) is 7.13. The van der Waals surface area contributed by atoms with Gasteiger partial charge in [-0.25, -0.2) is 12.8 Å². The van der Waals surface area contributed by atoms with Crippen molar-refractivity contribution in [3.63, 3.8) is 0 Å². The van der Waals surface area contributed by atoms with E-state index in [9.17, 15) is 22.4 Å². The van der Waals surface area contributed by atoms with Crippen LogP contribution in [-0.4, -0.2) is 44.2 Å². The molecule has 2 aromatic carbocycles. The van der Waals surface area contributed by atoms with E-state index in [1.165, 1.54) is 34.6 Å². The SMILES string of the molecule is O=C(COC(=O)C1CCCN(S(=O)(=O)c2ccc(F)cc2)C1)c1ccc(Cl)cc1Cl. The number of sulfonamides is 1. The van der Waals surface area contributed by atoms with Crippen LogP contribution in [0.5, 0.6) is 0 Å². The first-order valence-electron chi connectivity index (χ1n) is 9.09. The summed E-state index contributed by atoms with van der Waals surface area (Å²) in [7, 11) is -3.87. The molecule has 0 bridgehead atoms. The molecule has 1 aliphatic heterocycles. The van der Waals surface area contributed by atoms with Crippen LogP contribution in [0.15, 0.2) is 47.4 Å². The summed E-state index contributed by atoms with van der Waals surface area (Å²) in [4.78, 5) is 24.6. The summed E-state index contributed by atoms with van der Waals surface area (Å²) >= 11 is 11.8. The molecule has 0 aliphatic carbocycles. The van der Waals surface area contributed by atoms with E-state index < -0.39 is 40.1 Å². The van der Waals surface area contributed by atoms with Gasteiger partial charge in [0.1, 0.15) is 5.82 Å². The number of piperidine rings is 1. The zero-order valence-electron chi connectivity index (χ0n) is 15.7. The summed E-state index contributed by atoms with van der Waals surface area (Å²) in [5.74, 6) is -2.40. The van der Waals surface area contributed by atoms with Gasteiger partial charge in [-0.15, -0.1) is 0 Å². The number of carbonyl (C=O) groups is 2. The van der Waals surface area contributed by atoms with Crippen LogP contribution in [0.1, 0.15) is 23.2 Å². The number of hydrogen-bond donors (Lipinski definition) is 0. The highest BCUT2D eigenvalue weighted by molar-refractivity contribution is 7.89. The largest absolute Gasteiger partial charge is 0.457 e. The molecule has 0 N–H and O–H groups in total. The monoisotopic (exact) mass is 473 g/mol. The molecular weight excluding hydrogens is 456 g/mol. The lowest BCUT2D eigenvalue weighted by molar-refractivity contribution is -0.148. The molecule has 1 heterocycles. The number of carbonyl (C=O) groups excluding carboxylic acids is 2. The van der Waals surface area contributed by atoms with Gasteiger partial charge in [0.25, 0.3) is 0 Å². The number of nitrogens with zero attached hydrogens (tertiary/aromatic N) is 1. The molecule has 30 heavy (non-hydrogen) atoms. The molecule has 1 aliphatic rings. The molecule has 0 amide bonds. The fourth-order valence-corrected chi connectivity index (χ4v) is 5.19. The molecule has 1 atom stereocenters. The molecule has 0 radical (unpaired) electrons. The highest BCUT2D eigenvalue weighted by Crippen LogP contribution is 2.25. The second kappa shape index (κ2) is 9.43. The van der Waals surface area contributed by atoms with Crippen molar-refractivity contribution in [2.24, 2.45) is 5.92 Å². The lowest BCUT2D eigenvalue weighted by Crippen LogP contribution is -2.43. The second-order valence-electron chi connectivity index (χ2n) is 6.81. The second-order valence-corrected chi connectivity index (χ2v) is 9.59. The number of halogens is 3. The van der Waals surface area contributed by atoms with Crippen molar-refractivity contribution in [1.82, 2.24) is 4.31 Å². The number of rotatable bonds is 6. The van der Waals surface area contributed by atoms with Gasteiger partial charge in [0.15, 0.2) is 6.61 Å². The average molecular weight is 474 g/mol. The van der Waals surface area contributed by atoms with E-state index in [0.29, 0.717) is 17.9 Å². The quantitative estimate of drug-likeness (QED) is 0.468. The molecule has 10 heteroatoms. The van der Waals surface area contributed by atoms with Crippen molar-refractivity contribution in [1.29, 1.82) is 0 Å². The Labute approximate surface area is 183 Å². The van der Waals surface area contributed by atoms with Gasteiger partial charge in [-0.3, -0.25) is 9.59 Å². The van der Waals surface area contributed by atoms with Gasteiger partial charge in [-0.05, 0) is 55.3 Å². The van der Waals surface area contributed by atoms with Crippen molar-refractivity contribution in [2.75, 3.05) is 19.7 Å². The third-order valence-electron chi connectivity index (χ3n) is 4.75. The number of ketones is 1. The van der Waals surface area contributed by atoms with Crippen LogP contribution in [0.3, 0.4) is 0 Å². The fraction of sp³-hybridized carbons (Fsp3) is 0.300. The van der Waals surface area contributed by atoms with Crippen LogP contribution in [0.4, 0.5) is 4.39 Å². The molecule has 0 saturated carbocycles. The van der Waals surface area contributed by atoms with Crippen molar-refractivity contribution >= 4 is 45.0 Å². The van der Waals surface area contributed by atoms with Gasteiger partial charge in [0.05, 0.1) is 15.8 Å². The Bertz CT molecular complexity index is 1060. The first-order chi connectivity index (χ1) is 14.2. The molecule has 2 aromatic rings. The number of esters is 1. The minimum absolute atomic E-state index is 0.0505. The first-order valence-corrected chi connectivity index (χ1v) is 11.3. The standard InChI is InChI=1S/C20H18Cl2FNO5S/c21-14-3-8-17(18(22)10-14)19(25)12-29-20(26)13-2-1-9-24(11-13)30(27,28)16-6-4-15(23)5-7-16/h3-8,10,13H,1-2,9,11-12H2. The molecule has 3 rings (SSSR count). The van der Waals surface area contributed by atoms with Gasteiger partial charge in [-0.2, -0.15) is 4.31 Å². The zero-order valence-corrected chi connectivity index (χ0v) is 18.0. The molecular formula is C20H18Cl2FNO5S. The lowest BCUT2D eigenvalue weighted by atomic mass is 10.00. The van der Waals surface area contributed by atoms with E-state index in [2.05, 4.69) is 0 Å². The Balaban J connectivity index is 1.62. The fourth-order valence-electron chi connectivity index (χ4n) is 3.16. The van der Waals surface area contributed by atoms with Crippen LogP contribution in [0.2, 0.25) is 10.0 Å². The number of benzene rings is 2. The van der Waals surface area contributed by atoms with E-state index in [1.807, 2.05) is 0 Å². The van der Waals surface area contributed by atoms with Gasteiger partial charge < -0.3 is 4.74 Å². The first kappa shape index (κ1) is 22.7. The maximum absolute atomic E-state index is 13.1. The lowest BCUT2D eigenvalue weighted by Gasteiger charge is -2.30. The van der Waals surface area contributed by atoms with E-state index in [-0.39, 0.29) is 28.6 Å². The van der Waals surface area contributed by atoms with Crippen molar-refractivity contribution in [2.45, 2.75) is 17.7 Å². The Morgan fingerprint density at radius 1 is 1.13 bits per heavy atom. The Morgan fingerprint density at radius 2 is 1.83 bits per heavy atom. The predicted octanol–water partition coefficient (Wildman–Crippen LogP) is 3.96. The Hall–Kier alpha value is -2.00. The zero-order chi connectivity index (χ0) is 21.9. The summed E-state index contributed by atoms with van der Waals surface area (Å²) in [6.07, 6.45) is 0.890. The van der Waals surface area contributed by atoms with Gasteiger partial charge in [0.2, 0.25) is 15.8 Å². The van der Waals surface area contributed by atoms with E-state index in [0.717, 1.165) is 12.1 Å². The van der Waals surface area contributed by atoms with Crippen molar-refractivity contribution in [3.8, 4) is 0 Å². The van der Waals surface area contributed by atoms with Crippen LogP contribution < -0.4 is 0 Å². The normalized spacial score (nSPS) is 17.5. The number of ether oxygens (including phenoxy) is 1. The molecule has 160 valence electrons. The molecule has 1 fully saturated rings. The smallest absolute Gasteiger partial charge is 0.310 e. The summed E-state index contributed by atoms with van der Waals surface area (Å²) in [6, 6.07) is 8.85. The van der Waals surface area contributed by atoms with Crippen LogP contribution >= 0.6 is 23.2 Å². The van der Waals surface area contributed by atoms with Crippen LogP contribution in [0, 0.1) is 11.7 Å². The topological polar surface area (TPSA) is 80.8 Å². The van der Waals surface area contributed by atoms with Gasteiger partial charge in [0, 0.05) is 23.7 Å². The third kappa shape index (κ3) is 5.18. The van der Waals surface area contributed by atoms with E-state index >= 15 is 0 Å². The van der Waals surface area contributed by atoms with Crippen LogP contribution in [0.25, 0.3) is 0 Å². The molecule has 1 saturated heterocycles.